The normalized spacial score (nSPS) is 12.9. The molecule has 0 aliphatic rings. The first-order valence-corrected chi connectivity index (χ1v) is 8.36. The standard InChI is InChI=1S/C14H12BrClN2S/c15-8-11(10-2-1-3-12(16)6-10)7-13-9-18-4-5-19-14(18)17-13/h1-6,9,11H,7-8H2. The van der Waals surface area contributed by atoms with Crippen LogP contribution >= 0.6 is 38.9 Å². The van der Waals surface area contributed by atoms with E-state index >= 15 is 0 Å². The van der Waals surface area contributed by atoms with Crippen molar-refractivity contribution in [3.63, 3.8) is 0 Å². The fourth-order valence-electron chi connectivity index (χ4n) is 2.15. The summed E-state index contributed by atoms with van der Waals surface area (Å²) in [5, 5.41) is 3.73. The first-order valence-electron chi connectivity index (χ1n) is 5.99. The highest BCUT2D eigenvalue weighted by Crippen LogP contribution is 2.25. The van der Waals surface area contributed by atoms with Crippen LogP contribution in [0.2, 0.25) is 5.02 Å². The Labute approximate surface area is 129 Å². The van der Waals surface area contributed by atoms with E-state index in [0.29, 0.717) is 5.92 Å². The molecule has 0 fully saturated rings. The predicted molar refractivity (Wildman–Crippen MR) is 84.8 cm³/mol. The summed E-state index contributed by atoms with van der Waals surface area (Å²) in [6.45, 7) is 0. The zero-order chi connectivity index (χ0) is 13.2. The van der Waals surface area contributed by atoms with Gasteiger partial charge in [0.05, 0.1) is 5.69 Å². The van der Waals surface area contributed by atoms with E-state index in [1.54, 1.807) is 11.3 Å². The third-order valence-electron chi connectivity index (χ3n) is 3.11. The van der Waals surface area contributed by atoms with Crippen LogP contribution in [0.4, 0.5) is 0 Å². The van der Waals surface area contributed by atoms with Crippen molar-refractivity contribution in [2.75, 3.05) is 5.33 Å². The molecular formula is C14H12BrClN2S. The molecule has 5 heteroatoms. The Balaban J connectivity index is 1.85. The Morgan fingerprint density at radius 3 is 3.05 bits per heavy atom. The molecule has 0 radical (unpaired) electrons. The number of thiazole rings is 1. The molecule has 3 rings (SSSR count). The summed E-state index contributed by atoms with van der Waals surface area (Å²) in [5.74, 6) is 0.392. The van der Waals surface area contributed by atoms with Crippen LogP contribution in [0, 0.1) is 0 Å². The lowest BCUT2D eigenvalue weighted by atomic mass is 9.96. The van der Waals surface area contributed by atoms with Crippen molar-refractivity contribution < 1.29 is 0 Å². The van der Waals surface area contributed by atoms with Gasteiger partial charge in [0, 0.05) is 28.1 Å². The fraction of sp³-hybridized carbons (Fsp3) is 0.214. The number of rotatable bonds is 4. The fourth-order valence-corrected chi connectivity index (χ4v) is 3.67. The number of hydrogen-bond acceptors (Lipinski definition) is 2. The summed E-state index contributed by atoms with van der Waals surface area (Å²) >= 11 is 11.3. The van der Waals surface area contributed by atoms with Crippen molar-refractivity contribution in [1.82, 2.24) is 9.38 Å². The van der Waals surface area contributed by atoms with E-state index in [1.165, 1.54) is 5.56 Å². The van der Waals surface area contributed by atoms with Gasteiger partial charge in [0.2, 0.25) is 0 Å². The SMILES string of the molecule is Clc1cccc(C(CBr)Cc2cn3ccsc3n2)c1. The van der Waals surface area contributed by atoms with Crippen molar-refractivity contribution in [2.45, 2.75) is 12.3 Å². The quantitative estimate of drug-likeness (QED) is 0.616. The van der Waals surface area contributed by atoms with Crippen molar-refractivity contribution in [2.24, 2.45) is 0 Å². The summed E-state index contributed by atoms with van der Waals surface area (Å²) in [7, 11) is 0. The number of aromatic nitrogens is 2. The molecule has 1 unspecified atom stereocenters. The number of nitrogens with zero attached hydrogens (tertiary/aromatic N) is 2. The molecule has 0 N–H and O–H groups in total. The minimum absolute atomic E-state index is 0.392. The molecule has 98 valence electrons. The second-order valence-corrected chi connectivity index (χ2v) is 6.39. The summed E-state index contributed by atoms with van der Waals surface area (Å²) in [6.07, 6.45) is 5.06. The highest BCUT2D eigenvalue weighted by molar-refractivity contribution is 9.09. The number of hydrogen-bond donors (Lipinski definition) is 0. The molecule has 2 heterocycles. The summed E-state index contributed by atoms with van der Waals surface area (Å²) < 4.78 is 2.07. The van der Waals surface area contributed by atoms with Crippen molar-refractivity contribution in [1.29, 1.82) is 0 Å². The lowest BCUT2D eigenvalue weighted by Crippen LogP contribution is -2.04. The largest absolute Gasteiger partial charge is 0.297 e. The van der Waals surface area contributed by atoms with Crippen LogP contribution in [0.3, 0.4) is 0 Å². The van der Waals surface area contributed by atoms with E-state index < -0.39 is 0 Å². The smallest absolute Gasteiger partial charge is 0.193 e. The Kier molecular flexibility index (Phi) is 3.91. The van der Waals surface area contributed by atoms with Gasteiger partial charge in [-0.3, -0.25) is 4.40 Å². The zero-order valence-electron chi connectivity index (χ0n) is 10.1. The summed E-state index contributed by atoms with van der Waals surface area (Å²) in [5.41, 5.74) is 2.37. The maximum absolute atomic E-state index is 6.06. The molecule has 1 aromatic carbocycles. The average Bonchev–Trinajstić information content (AvgIpc) is 2.96. The summed E-state index contributed by atoms with van der Waals surface area (Å²) in [6, 6.07) is 8.06. The minimum atomic E-state index is 0.392. The van der Waals surface area contributed by atoms with Crippen molar-refractivity contribution in [3.05, 3.63) is 58.3 Å². The molecule has 3 aromatic rings. The van der Waals surface area contributed by atoms with E-state index in [0.717, 1.165) is 27.4 Å². The van der Waals surface area contributed by atoms with Gasteiger partial charge in [-0.25, -0.2) is 4.98 Å². The molecule has 2 nitrogen and oxygen atoms in total. The number of alkyl halides is 1. The van der Waals surface area contributed by atoms with Crippen LogP contribution in [-0.4, -0.2) is 14.7 Å². The highest BCUT2D eigenvalue weighted by Gasteiger charge is 2.14. The van der Waals surface area contributed by atoms with Crippen LogP contribution in [-0.2, 0) is 6.42 Å². The maximum atomic E-state index is 6.06. The molecular weight excluding hydrogens is 344 g/mol. The molecule has 0 aliphatic carbocycles. The van der Waals surface area contributed by atoms with Gasteiger partial charge in [-0.05, 0) is 30.0 Å². The van der Waals surface area contributed by atoms with E-state index in [9.17, 15) is 0 Å². The number of halogens is 2. The van der Waals surface area contributed by atoms with Gasteiger partial charge in [0.25, 0.3) is 0 Å². The number of imidazole rings is 1. The summed E-state index contributed by atoms with van der Waals surface area (Å²) in [4.78, 5) is 5.69. The third-order valence-corrected chi connectivity index (χ3v) is 4.89. The van der Waals surface area contributed by atoms with E-state index in [2.05, 4.69) is 37.6 Å². The minimum Gasteiger partial charge on any atom is -0.297 e. The molecule has 0 saturated heterocycles. The number of benzene rings is 1. The van der Waals surface area contributed by atoms with Gasteiger partial charge in [-0.1, -0.05) is 39.7 Å². The second kappa shape index (κ2) is 5.65. The van der Waals surface area contributed by atoms with E-state index in [4.69, 9.17) is 11.6 Å². The van der Waals surface area contributed by atoms with Gasteiger partial charge in [-0.15, -0.1) is 11.3 Å². The topological polar surface area (TPSA) is 17.3 Å². The Morgan fingerprint density at radius 2 is 2.32 bits per heavy atom. The van der Waals surface area contributed by atoms with Gasteiger partial charge >= 0.3 is 0 Å². The lowest BCUT2D eigenvalue weighted by Gasteiger charge is -2.13. The number of fused-ring (bicyclic) bond motifs is 1. The average molecular weight is 356 g/mol. The first kappa shape index (κ1) is 13.2. The van der Waals surface area contributed by atoms with Crippen LogP contribution < -0.4 is 0 Å². The Bertz CT molecular complexity index is 663. The van der Waals surface area contributed by atoms with Crippen LogP contribution in [0.5, 0.6) is 0 Å². The van der Waals surface area contributed by atoms with Gasteiger partial charge in [0.15, 0.2) is 4.96 Å². The molecule has 0 aliphatic heterocycles. The van der Waals surface area contributed by atoms with Crippen LogP contribution in [0.15, 0.2) is 42.0 Å². The van der Waals surface area contributed by atoms with Gasteiger partial charge in [0.1, 0.15) is 0 Å². The predicted octanol–water partition coefficient (Wildman–Crippen LogP) is 4.77. The van der Waals surface area contributed by atoms with E-state index in [1.807, 2.05) is 29.8 Å². The Hall–Kier alpha value is -0.840. The zero-order valence-corrected chi connectivity index (χ0v) is 13.3. The van der Waals surface area contributed by atoms with E-state index in [-0.39, 0.29) is 0 Å². The third kappa shape index (κ3) is 2.86. The van der Waals surface area contributed by atoms with Crippen LogP contribution in [0.1, 0.15) is 17.2 Å². The van der Waals surface area contributed by atoms with Crippen molar-refractivity contribution in [3.8, 4) is 0 Å². The monoisotopic (exact) mass is 354 g/mol. The first-order chi connectivity index (χ1) is 9.26. The Morgan fingerprint density at radius 1 is 1.42 bits per heavy atom. The second-order valence-electron chi connectivity index (χ2n) is 4.44. The highest BCUT2D eigenvalue weighted by atomic mass is 79.9. The maximum Gasteiger partial charge on any atom is 0.193 e. The molecule has 0 bridgehead atoms. The lowest BCUT2D eigenvalue weighted by molar-refractivity contribution is 0.761. The van der Waals surface area contributed by atoms with Gasteiger partial charge < -0.3 is 0 Å². The molecule has 2 aromatic heterocycles. The molecule has 19 heavy (non-hydrogen) atoms. The molecule has 0 saturated carbocycles. The molecule has 1 atom stereocenters. The van der Waals surface area contributed by atoms with Crippen molar-refractivity contribution >= 4 is 43.8 Å². The van der Waals surface area contributed by atoms with Crippen LogP contribution in [0.25, 0.3) is 4.96 Å². The van der Waals surface area contributed by atoms with Gasteiger partial charge in [-0.2, -0.15) is 0 Å². The molecule has 0 spiro atoms. The molecule has 0 amide bonds.